The zero-order chi connectivity index (χ0) is 18.1. The molecule has 0 unspecified atom stereocenters. The fourth-order valence-corrected chi connectivity index (χ4v) is 3.58. The highest BCUT2D eigenvalue weighted by molar-refractivity contribution is 14.1. The first-order valence-electron chi connectivity index (χ1n) is 7.30. The minimum Gasteiger partial charge on any atom is -0.298 e. The van der Waals surface area contributed by atoms with Gasteiger partial charge in [0.2, 0.25) is 0 Å². The van der Waals surface area contributed by atoms with Gasteiger partial charge in [0, 0.05) is 8.04 Å². The van der Waals surface area contributed by atoms with Gasteiger partial charge in [0.05, 0.1) is 5.69 Å². The second-order valence-corrected chi connectivity index (χ2v) is 7.99. The van der Waals surface area contributed by atoms with Crippen molar-refractivity contribution < 1.29 is 9.59 Å². The van der Waals surface area contributed by atoms with E-state index in [2.05, 4.69) is 43.8 Å². The molecule has 25 heavy (non-hydrogen) atoms. The molecule has 0 aromatic heterocycles. The lowest BCUT2D eigenvalue weighted by Crippen LogP contribution is -2.54. The Balaban J connectivity index is 2.03. The molecular weight excluding hydrogens is 515 g/mol. The van der Waals surface area contributed by atoms with Crippen molar-refractivity contribution in [3.05, 3.63) is 67.2 Å². The standard InChI is InChI=1S/C18H12BrIN2O2S/c1-10-8-12(19)4-7-15(10)22-17(24)14(16(23)21-18(22)25)9-11-2-5-13(20)6-3-11/h2-9H,1H3,(H,21,23,25)/b14-9+. The van der Waals surface area contributed by atoms with Crippen LogP contribution in [0.15, 0.2) is 52.5 Å². The Bertz CT molecular complexity index is 925. The molecule has 2 amide bonds. The van der Waals surface area contributed by atoms with Crippen molar-refractivity contribution >= 4 is 79.4 Å². The van der Waals surface area contributed by atoms with Crippen LogP contribution >= 0.6 is 50.7 Å². The predicted molar refractivity (Wildman–Crippen MR) is 114 cm³/mol. The van der Waals surface area contributed by atoms with E-state index >= 15 is 0 Å². The third kappa shape index (κ3) is 3.83. The zero-order valence-corrected chi connectivity index (χ0v) is 17.6. The molecule has 4 nitrogen and oxygen atoms in total. The van der Waals surface area contributed by atoms with Crippen LogP contribution < -0.4 is 10.2 Å². The number of benzene rings is 2. The van der Waals surface area contributed by atoms with Gasteiger partial charge in [-0.1, -0.05) is 28.1 Å². The fraction of sp³-hybridized carbons (Fsp3) is 0.0556. The maximum Gasteiger partial charge on any atom is 0.270 e. The lowest BCUT2D eigenvalue weighted by molar-refractivity contribution is -0.122. The molecule has 7 heteroatoms. The molecule has 1 aliphatic rings. The molecule has 1 aliphatic heterocycles. The number of nitrogens with one attached hydrogen (secondary N) is 1. The number of anilines is 1. The van der Waals surface area contributed by atoms with E-state index in [4.69, 9.17) is 12.2 Å². The summed E-state index contributed by atoms with van der Waals surface area (Å²) >= 11 is 10.8. The van der Waals surface area contributed by atoms with Gasteiger partial charge in [-0.25, -0.2) is 0 Å². The average molecular weight is 527 g/mol. The van der Waals surface area contributed by atoms with Crippen molar-refractivity contribution in [3.8, 4) is 0 Å². The van der Waals surface area contributed by atoms with Crippen molar-refractivity contribution in [1.82, 2.24) is 5.32 Å². The highest BCUT2D eigenvalue weighted by Gasteiger charge is 2.35. The maximum atomic E-state index is 13.0. The smallest absolute Gasteiger partial charge is 0.270 e. The van der Waals surface area contributed by atoms with Crippen molar-refractivity contribution in [2.24, 2.45) is 0 Å². The van der Waals surface area contributed by atoms with Gasteiger partial charge in [-0.15, -0.1) is 0 Å². The summed E-state index contributed by atoms with van der Waals surface area (Å²) in [6.45, 7) is 1.88. The van der Waals surface area contributed by atoms with Gasteiger partial charge in [0.15, 0.2) is 5.11 Å². The van der Waals surface area contributed by atoms with E-state index in [1.807, 2.05) is 43.3 Å². The van der Waals surface area contributed by atoms with Gasteiger partial charge in [-0.3, -0.25) is 19.8 Å². The highest BCUT2D eigenvalue weighted by Crippen LogP contribution is 2.27. The van der Waals surface area contributed by atoms with E-state index in [-0.39, 0.29) is 10.7 Å². The number of hydrogen-bond acceptors (Lipinski definition) is 3. The molecule has 0 atom stereocenters. The van der Waals surface area contributed by atoms with Crippen molar-refractivity contribution in [3.63, 3.8) is 0 Å². The molecule has 1 fully saturated rings. The number of thiocarbonyl (C=S) groups is 1. The Morgan fingerprint density at radius 2 is 1.84 bits per heavy atom. The molecule has 3 rings (SSSR count). The van der Waals surface area contributed by atoms with Crippen molar-refractivity contribution in [1.29, 1.82) is 0 Å². The number of carbonyl (C=O) groups is 2. The normalized spacial score (nSPS) is 16.4. The highest BCUT2D eigenvalue weighted by atomic mass is 127. The van der Waals surface area contributed by atoms with Gasteiger partial charge in [-0.05, 0) is 89.3 Å². The molecule has 1 N–H and O–H groups in total. The van der Waals surface area contributed by atoms with Crippen LogP contribution in [-0.4, -0.2) is 16.9 Å². The predicted octanol–water partition coefficient (Wildman–Crippen LogP) is 4.19. The van der Waals surface area contributed by atoms with Crippen molar-refractivity contribution in [2.75, 3.05) is 4.90 Å². The van der Waals surface area contributed by atoms with Gasteiger partial charge in [0.25, 0.3) is 11.8 Å². The van der Waals surface area contributed by atoms with Crippen LogP contribution in [0.2, 0.25) is 0 Å². The summed E-state index contributed by atoms with van der Waals surface area (Å²) in [4.78, 5) is 26.6. The zero-order valence-electron chi connectivity index (χ0n) is 13.0. The molecule has 126 valence electrons. The fourth-order valence-electron chi connectivity index (χ4n) is 2.47. The lowest BCUT2D eigenvalue weighted by Gasteiger charge is -2.30. The summed E-state index contributed by atoms with van der Waals surface area (Å²) in [5, 5.41) is 2.68. The van der Waals surface area contributed by atoms with E-state index in [1.165, 1.54) is 4.90 Å². The van der Waals surface area contributed by atoms with Crippen LogP contribution in [-0.2, 0) is 9.59 Å². The Labute approximate surface area is 172 Å². The van der Waals surface area contributed by atoms with E-state index in [9.17, 15) is 9.59 Å². The Kier molecular flexibility index (Phi) is 5.35. The molecule has 0 radical (unpaired) electrons. The van der Waals surface area contributed by atoms with Crippen LogP contribution in [0.3, 0.4) is 0 Å². The van der Waals surface area contributed by atoms with Gasteiger partial charge in [0.1, 0.15) is 5.57 Å². The molecule has 2 aromatic rings. The molecule has 1 saturated heterocycles. The first kappa shape index (κ1) is 18.2. The molecular formula is C18H12BrIN2O2S. The van der Waals surface area contributed by atoms with Crippen LogP contribution in [0, 0.1) is 10.5 Å². The summed E-state index contributed by atoms with van der Waals surface area (Å²) in [5.74, 6) is -0.919. The number of amides is 2. The summed E-state index contributed by atoms with van der Waals surface area (Å²) in [6.07, 6.45) is 1.58. The Hall–Kier alpha value is -1.58. The van der Waals surface area contributed by atoms with Crippen molar-refractivity contribution in [2.45, 2.75) is 6.92 Å². The molecule has 2 aromatic carbocycles. The third-order valence-electron chi connectivity index (χ3n) is 3.68. The summed E-state index contributed by atoms with van der Waals surface area (Å²) < 4.78 is 1.98. The molecule has 0 bridgehead atoms. The van der Waals surface area contributed by atoms with Crippen LogP contribution in [0.1, 0.15) is 11.1 Å². The number of hydrogen-bond donors (Lipinski definition) is 1. The lowest BCUT2D eigenvalue weighted by atomic mass is 10.1. The third-order valence-corrected chi connectivity index (χ3v) is 5.18. The quantitative estimate of drug-likeness (QED) is 0.276. The minimum atomic E-state index is -0.487. The largest absolute Gasteiger partial charge is 0.298 e. The minimum absolute atomic E-state index is 0.0529. The van der Waals surface area contributed by atoms with E-state index in [1.54, 1.807) is 12.1 Å². The average Bonchev–Trinajstić information content (AvgIpc) is 2.55. The monoisotopic (exact) mass is 526 g/mol. The van der Waals surface area contributed by atoms with Crippen LogP contribution in [0.25, 0.3) is 6.08 Å². The van der Waals surface area contributed by atoms with E-state index in [0.717, 1.165) is 19.2 Å². The first-order chi connectivity index (χ1) is 11.9. The number of halogens is 2. The Morgan fingerprint density at radius 1 is 1.16 bits per heavy atom. The number of aryl methyl sites for hydroxylation is 1. The van der Waals surface area contributed by atoms with Crippen LogP contribution in [0.5, 0.6) is 0 Å². The molecule has 0 aliphatic carbocycles. The number of carbonyl (C=O) groups excluding carboxylic acids is 2. The molecule has 0 saturated carbocycles. The topological polar surface area (TPSA) is 49.4 Å². The number of rotatable bonds is 2. The second kappa shape index (κ2) is 7.35. The van der Waals surface area contributed by atoms with E-state index < -0.39 is 11.8 Å². The van der Waals surface area contributed by atoms with Gasteiger partial charge in [-0.2, -0.15) is 0 Å². The summed E-state index contributed by atoms with van der Waals surface area (Å²) in [5.41, 5.74) is 2.35. The summed E-state index contributed by atoms with van der Waals surface area (Å²) in [7, 11) is 0. The Morgan fingerprint density at radius 3 is 2.48 bits per heavy atom. The van der Waals surface area contributed by atoms with E-state index in [0.29, 0.717) is 5.69 Å². The van der Waals surface area contributed by atoms with Gasteiger partial charge >= 0.3 is 0 Å². The number of nitrogens with zero attached hydrogens (tertiary/aromatic N) is 1. The SMILES string of the molecule is Cc1cc(Br)ccc1N1C(=O)/C(=C/c2ccc(I)cc2)C(=O)NC1=S. The second-order valence-electron chi connectivity index (χ2n) is 5.44. The summed E-state index contributed by atoms with van der Waals surface area (Å²) in [6, 6.07) is 13.1. The van der Waals surface area contributed by atoms with Gasteiger partial charge < -0.3 is 0 Å². The molecule has 0 spiro atoms. The maximum absolute atomic E-state index is 13.0. The first-order valence-corrected chi connectivity index (χ1v) is 9.58. The van der Waals surface area contributed by atoms with Crippen LogP contribution in [0.4, 0.5) is 5.69 Å². The molecule has 1 heterocycles.